The predicted octanol–water partition coefficient (Wildman–Crippen LogP) is -0.778. The summed E-state index contributed by atoms with van der Waals surface area (Å²) in [7, 11) is 1.73. The van der Waals surface area contributed by atoms with Crippen LogP contribution < -0.4 is 5.32 Å². The summed E-state index contributed by atoms with van der Waals surface area (Å²) in [5, 5.41) is 14.5. The monoisotopic (exact) mass is 287 g/mol. The molecule has 106 valence electrons. The standard InChI is InChI=1S/C10H17N5O3S/c1-3-18-8-5-17-4-7(8)11-9(16)6-19-10-12-13-14-15(10)2/h7-8H,3-6H2,1-2H3,(H,11,16)/t7-,8-/m0/s1. The van der Waals surface area contributed by atoms with Gasteiger partial charge in [-0.25, -0.2) is 4.68 Å². The molecule has 0 bridgehead atoms. The molecular formula is C10H17N5O3S. The number of thioether (sulfide) groups is 1. The molecule has 1 aromatic rings. The first-order chi connectivity index (χ1) is 9.20. The van der Waals surface area contributed by atoms with Crippen LogP contribution in [0.25, 0.3) is 0 Å². The largest absolute Gasteiger partial charge is 0.376 e. The van der Waals surface area contributed by atoms with Gasteiger partial charge in [0.2, 0.25) is 11.1 Å². The molecule has 0 aromatic carbocycles. The number of hydrogen-bond donors (Lipinski definition) is 1. The van der Waals surface area contributed by atoms with Crippen molar-refractivity contribution >= 4 is 17.7 Å². The Morgan fingerprint density at radius 2 is 2.47 bits per heavy atom. The molecule has 19 heavy (non-hydrogen) atoms. The molecule has 9 heteroatoms. The second-order valence-electron chi connectivity index (χ2n) is 4.08. The second kappa shape index (κ2) is 6.83. The minimum absolute atomic E-state index is 0.0598. The zero-order valence-electron chi connectivity index (χ0n) is 10.9. The number of nitrogens with one attached hydrogen (secondary N) is 1. The van der Waals surface area contributed by atoms with E-state index in [-0.39, 0.29) is 23.8 Å². The second-order valence-corrected chi connectivity index (χ2v) is 5.02. The van der Waals surface area contributed by atoms with Crippen molar-refractivity contribution in [2.45, 2.75) is 24.2 Å². The normalized spacial score (nSPS) is 22.6. The average molecular weight is 287 g/mol. The molecule has 2 rings (SSSR count). The van der Waals surface area contributed by atoms with E-state index in [1.165, 1.54) is 16.4 Å². The quantitative estimate of drug-likeness (QED) is 0.686. The Kier molecular flexibility index (Phi) is 5.11. The van der Waals surface area contributed by atoms with E-state index in [1.807, 2.05) is 6.92 Å². The van der Waals surface area contributed by atoms with E-state index in [2.05, 4.69) is 20.8 Å². The molecule has 2 heterocycles. The number of amides is 1. The molecule has 1 aromatic heterocycles. The zero-order valence-corrected chi connectivity index (χ0v) is 11.7. The third-order valence-electron chi connectivity index (χ3n) is 2.67. The fourth-order valence-electron chi connectivity index (χ4n) is 1.77. The van der Waals surface area contributed by atoms with Gasteiger partial charge in [-0.3, -0.25) is 4.79 Å². The van der Waals surface area contributed by atoms with Gasteiger partial charge in [-0.1, -0.05) is 11.8 Å². The number of hydrogen-bond acceptors (Lipinski definition) is 7. The average Bonchev–Trinajstić information content (AvgIpc) is 2.97. The van der Waals surface area contributed by atoms with Gasteiger partial charge >= 0.3 is 0 Å². The summed E-state index contributed by atoms with van der Waals surface area (Å²) in [6.45, 7) is 3.56. The van der Waals surface area contributed by atoms with Crippen LogP contribution in [0.4, 0.5) is 0 Å². The molecule has 0 saturated carbocycles. The van der Waals surface area contributed by atoms with Crippen molar-refractivity contribution in [1.82, 2.24) is 25.5 Å². The minimum atomic E-state index is -0.0781. The molecule has 1 saturated heterocycles. The van der Waals surface area contributed by atoms with Gasteiger partial charge in [0.25, 0.3) is 0 Å². The van der Waals surface area contributed by atoms with E-state index < -0.39 is 0 Å². The molecule has 0 aliphatic carbocycles. The lowest BCUT2D eigenvalue weighted by atomic mass is 10.2. The number of carbonyl (C=O) groups is 1. The number of aryl methyl sites for hydroxylation is 1. The summed E-state index contributed by atoms with van der Waals surface area (Å²) in [6.07, 6.45) is -0.0598. The predicted molar refractivity (Wildman–Crippen MR) is 67.7 cm³/mol. The maximum absolute atomic E-state index is 11.8. The van der Waals surface area contributed by atoms with Gasteiger partial charge < -0.3 is 14.8 Å². The SMILES string of the molecule is CCO[C@H]1COC[C@@H]1NC(=O)CSc1nnnn1C. The number of rotatable bonds is 6. The van der Waals surface area contributed by atoms with Crippen molar-refractivity contribution in [3.63, 3.8) is 0 Å². The van der Waals surface area contributed by atoms with Crippen LogP contribution in [0.15, 0.2) is 5.16 Å². The van der Waals surface area contributed by atoms with Gasteiger partial charge in [-0.05, 0) is 17.4 Å². The summed E-state index contributed by atoms with van der Waals surface area (Å²) in [4.78, 5) is 11.8. The van der Waals surface area contributed by atoms with E-state index in [0.717, 1.165) is 0 Å². The fraction of sp³-hybridized carbons (Fsp3) is 0.800. The van der Waals surface area contributed by atoms with Crippen LogP contribution in [0.1, 0.15) is 6.92 Å². The lowest BCUT2D eigenvalue weighted by Crippen LogP contribution is -2.44. The van der Waals surface area contributed by atoms with Crippen molar-refractivity contribution in [3.05, 3.63) is 0 Å². The first-order valence-corrected chi connectivity index (χ1v) is 7.03. The van der Waals surface area contributed by atoms with Gasteiger partial charge in [0.15, 0.2) is 0 Å². The highest BCUT2D eigenvalue weighted by molar-refractivity contribution is 7.99. The summed E-state index contributed by atoms with van der Waals surface area (Å²) >= 11 is 1.29. The molecule has 2 atom stereocenters. The number of carbonyl (C=O) groups excluding carboxylic acids is 1. The Morgan fingerprint density at radius 3 is 3.16 bits per heavy atom. The van der Waals surface area contributed by atoms with E-state index in [4.69, 9.17) is 9.47 Å². The zero-order chi connectivity index (χ0) is 13.7. The maximum Gasteiger partial charge on any atom is 0.230 e. The van der Waals surface area contributed by atoms with Crippen LogP contribution in [-0.4, -0.2) is 63.8 Å². The van der Waals surface area contributed by atoms with E-state index in [1.54, 1.807) is 7.05 Å². The Labute approximate surface area is 115 Å². The number of ether oxygens (including phenoxy) is 2. The number of nitrogens with zero attached hydrogens (tertiary/aromatic N) is 4. The Bertz CT molecular complexity index is 427. The topological polar surface area (TPSA) is 91.2 Å². The van der Waals surface area contributed by atoms with E-state index in [9.17, 15) is 4.79 Å². The van der Waals surface area contributed by atoms with Crippen LogP contribution in [0.5, 0.6) is 0 Å². The Morgan fingerprint density at radius 1 is 1.63 bits per heavy atom. The fourth-order valence-corrected chi connectivity index (χ4v) is 2.43. The van der Waals surface area contributed by atoms with E-state index in [0.29, 0.717) is 25.0 Å². The molecule has 1 fully saturated rings. The third-order valence-corrected chi connectivity index (χ3v) is 3.68. The van der Waals surface area contributed by atoms with Crippen molar-refractivity contribution in [2.24, 2.45) is 7.05 Å². The van der Waals surface area contributed by atoms with Gasteiger partial charge in [-0.2, -0.15) is 0 Å². The van der Waals surface area contributed by atoms with Crippen LogP contribution in [-0.2, 0) is 21.3 Å². The molecule has 0 spiro atoms. The van der Waals surface area contributed by atoms with Crippen LogP contribution in [0.2, 0.25) is 0 Å². The lowest BCUT2D eigenvalue weighted by Gasteiger charge is -2.18. The molecule has 1 N–H and O–H groups in total. The van der Waals surface area contributed by atoms with Crippen molar-refractivity contribution in [3.8, 4) is 0 Å². The van der Waals surface area contributed by atoms with Gasteiger partial charge in [-0.15, -0.1) is 5.10 Å². The summed E-state index contributed by atoms with van der Waals surface area (Å²) in [5.41, 5.74) is 0. The van der Waals surface area contributed by atoms with Crippen LogP contribution in [0, 0.1) is 0 Å². The first-order valence-electron chi connectivity index (χ1n) is 6.04. The van der Waals surface area contributed by atoms with Crippen molar-refractivity contribution in [1.29, 1.82) is 0 Å². The Balaban J connectivity index is 1.76. The molecule has 8 nitrogen and oxygen atoms in total. The maximum atomic E-state index is 11.8. The smallest absolute Gasteiger partial charge is 0.230 e. The molecule has 1 amide bonds. The molecule has 0 unspecified atom stereocenters. The molecule has 1 aliphatic rings. The summed E-state index contributed by atoms with van der Waals surface area (Å²) in [5.74, 6) is 0.192. The number of aromatic nitrogens is 4. The van der Waals surface area contributed by atoms with Crippen LogP contribution in [0.3, 0.4) is 0 Å². The van der Waals surface area contributed by atoms with Gasteiger partial charge in [0.05, 0.1) is 25.0 Å². The molecule has 1 aliphatic heterocycles. The lowest BCUT2D eigenvalue weighted by molar-refractivity contribution is -0.120. The van der Waals surface area contributed by atoms with Gasteiger partial charge in [0, 0.05) is 13.7 Å². The highest BCUT2D eigenvalue weighted by Crippen LogP contribution is 2.13. The number of tetrazole rings is 1. The first kappa shape index (κ1) is 14.2. The third kappa shape index (κ3) is 3.88. The molecule has 0 radical (unpaired) electrons. The van der Waals surface area contributed by atoms with E-state index >= 15 is 0 Å². The van der Waals surface area contributed by atoms with Gasteiger partial charge in [0.1, 0.15) is 6.10 Å². The van der Waals surface area contributed by atoms with Crippen molar-refractivity contribution < 1.29 is 14.3 Å². The summed E-state index contributed by atoms with van der Waals surface area (Å²) in [6, 6.07) is -0.0781. The highest BCUT2D eigenvalue weighted by Gasteiger charge is 2.29. The highest BCUT2D eigenvalue weighted by atomic mass is 32.2. The van der Waals surface area contributed by atoms with Crippen LogP contribution >= 0.6 is 11.8 Å². The Hall–Kier alpha value is -1.19. The van der Waals surface area contributed by atoms with Crippen molar-refractivity contribution in [2.75, 3.05) is 25.6 Å². The minimum Gasteiger partial charge on any atom is -0.376 e. The summed E-state index contributed by atoms with van der Waals surface area (Å²) < 4.78 is 12.3. The molecular weight excluding hydrogens is 270 g/mol.